The summed E-state index contributed by atoms with van der Waals surface area (Å²) in [6, 6.07) is 7.80. The molecule has 1 aromatic carbocycles. The molecule has 0 radical (unpaired) electrons. The number of aryl methyl sites for hydroxylation is 1. The van der Waals surface area contributed by atoms with Crippen LogP contribution in [-0.2, 0) is 0 Å². The van der Waals surface area contributed by atoms with Crippen molar-refractivity contribution >= 4 is 33.0 Å². The molecule has 5 N–H and O–H groups in total. The Labute approximate surface area is 113 Å². The number of thiophene rings is 1. The Kier molecular flexibility index (Phi) is 3.83. The first-order chi connectivity index (χ1) is 8.13. The fraction of sp³-hybridized carbons (Fsp3) is 0.167. The fourth-order valence-corrected chi connectivity index (χ4v) is 2.96. The van der Waals surface area contributed by atoms with Gasteiger partial charge in [0.2, 0.25) is 0 Å². The Hall–Kier alpha value is -0.880. The molecule has 1 unspecified atom stereocenters. The number of hydrogen-bond donors (Lipinski definition) is 3. The average molecular weight is 312 g/mol. The summed E-state index contributed by atoms with van der Waals surface area (Å²) in [5.74, 6) is 5.67. The fourth-order valence-electron chi connectivity index (χ4n) is 1.84. The molecule has 1 aromatic heterocycles. The topological polar surface area (TPSA) is 64.1 Å². The van der Waals surface area contributed by atoms with Crippen LogP contribution in [0.1, 0.15) is 22.0 Å². The van der Waals surface area contributed by atoms with E-state index in [2.05, 4.69) is 39.7 Å². The highest BCUT2D eigenvalue weighted by Gasteiger charge is 2.18. The van der Waals surface area contributed by atoms with Gasteiger partial charge in [-0.1, -0.05) is 15.9 Å². The molecule has 0 aliphatic rings. The lowest BCUT2D eigenvalue weighted by Crippen LogP contribution is -2.29. The average Bonchev–Trinajstić information content (AvgIpc) is 2.71. The van der Waals surface area contributed by atoms with E-state index in [1.165, 1.54) is 10.4 Å². The molecular formula is C12H14BrN3S. The third kappa shape index (κ3) is 2.52. The summed E-state index contributed by atoms with van der Waals surface area (Å²) in [7, 11) is 0. The van der Waals surface area contributed by atoms with Crippen LogP contribution < -0.4 is 17.0 Å². The molecule has 0 fully saturated rings. The van der Waals surface area contributed by atoms with Crippen molar-refractivity contribution in [3.63, 3.8) is 0 Å². The molecule has 2 rings (SSSR count). The van der Waals surface area contributed by atoms with E-state index in [9.17, 15) is 0 Å². The molecule has 0 saturated heterocycles. The number of hydrogen-bond acceptors (Lipinski definition) is 4. The van der Waals surface area contributed by atoms with Crippen LogP contribution in [0, 0.1) is 6.92 Å². The molecule has 0 aliphatic carbocycles. The molecule has 0 bridgehead atoms. The molecule has 2 aromatic rings. The van der Waals surface area contributed by atoms with Gasteiger partial charge in [0.1, 0.15) is 0 Å². The minimum atomic E-state index is -0.0706. The zero-order chi connectivity index (χ0) is 12.4. The maximum absolute atomic E-state index is 6.01. The highest BCUT2D eigenvalue weighted by Crippen LogP contribution is 2.32. The van der Waals surface area contributed by atoms with E-state index in [0.717, 1.165) is 15.7 Å². The number of benzene rings is 1. The van der Waals surface area contributed by atoms with Crippen LogP contribution in [0.2, 0.25) is 0 Å². The smallest absolute Gasteiger partial charge is 0.0741 e. The summed E-state index contributed by atoms with van der Waals surface area (Å²) >= 11 is 5.16. The van der Waals surface area contributed by atoms with Crippen LogP contribution in [0.5, 0.6) is 0 Å². The molecule has 0 spiro atoms. The van der Waals surface area contributed by atoms with E-state index in [1.807, 2.05) is 18.2 Å². The summed E-state index contributed by atoms with van der Waals surface area (Å²) in [5.41, 5.74) is 11.7. The van der Waals surface area contributed by atoms with Crippen molar-refractivity contribution in [2.75, 3.05) is 5.73 Å². The maximum atomic E-state index is 6.01. The van der Waals surface area contributed by atoms with Gasteiger partial charge in [0.25, 0.3) is 0 Å². The standard InChI is InChI=1S/C12H14BrN3S/c1-7-9(4-5-17-7)12(16-15)10-6-8(13)2-3-11(10)14/h2-6,12,16H,14-15H2,1H3. The molecule has 5 heteroatoms. The van der Waals surface area contributed by atoms with Crippen LogP contribution in [-0.4, -0.2) is 0 Å². The lowest BCUT2D eigenvalue weighted by atomic mass is 9.98. The first kappa shape index (κ1) is 12.6. The Balaban J connectivity index is 2.49. The van der Waals surface area contributed by atoms with Crippen molar-refractivity contribution < 1.29 is 0 Å². The summed E-state index contributed by atoms with van der Waals surface area (Å²) in [4.78, 5) is 1.24. The zero-order valence-electron chi connectivity index (χ0n) is 9.41. The van der Waals surface area contributed by atoms with Crippen LogP contribution >= 0.6 is 27.3 Å². The van der Waals surface area contributed by atoms with Crippen molar-refractivity contribution in [2.24, 2.45) is 5.84 Å². The van der Waals surface area contributed by atoms with Gasteiger partial charge in [0.05, 0.1) is 6.04 Å². The number of anilines is 1. The number of rotatable bonds is 3. The van der Waals surface area contributed by atoms with Gasteiger partial charge in [-0.25, -0.2) is 5.43 Å². The number of hydrazine groups is 1. The molecule has 1 heterocycles. The van der Waals surface area contributed by atoms with Crippen LogP contribution in [0.25, 0.3) is 0 Å². The largest absolute Gasteiger partial charge is 0.398 e. The third-order valence-corrected chi connectivity index (χ3v) is 4.09. The highest BCUT2D eigenvalue weighted by atomic mass is 79.9. The monoisotopic (exact) mass is 311 g/mol. The highest BCUT2D eigenvalue weighted by molar-refractivity contribution is 9.10. The first-order valence-corrected chi connectivity index (χ1v) is 6.85. The molecule has 0 amide bonds. The van der Waals surface area contributed by atoms with E-state index in [4.69, 9.17) is 11.6 Å². The molecule has 1 atom stereocenters. The van der Waals surface area contributed by atoms with E-state index < -0.39 is 0 Å². The number of nitrogen functional groups attached to an aromatic ring is 1. The van der Waals surface area contributed by atoms with Gasteiger partial charge in [0, 0.05) is 15.0 Å². The molecule has 0 saturated carbocycles. The van der Waals surface area contributed by atoms with Gasteiger partial charge in [-0.05, 0) is 47.7 Å². The number of halogens is 1. The normalized spacial score (nSPS) is 12.6. The second-order valence-corrected chi connectivity index (χ2v) is 5.84. The van der Waals surface area contributed by atoms with Crippen molar-refractivity contribution in [2.45, 2.75) is 13.0 Å². The van der Waals surface area contributed by atoms with Gasteiger partial charge in [-0.2, -0.15) is 0 Å². The number of nitrogens with two attached hydrogens (primary N) is 2. The molecule has 0 aliphatic heterocycles. The van der Waals surface area contributed by atoms with Gasteiger partial charge in [0.15, 0.2) is 0 Å². The van der Waals surface area contributed by atoms with Crippen molar-refractivity contribution in [3.05, 3.63) is 50.1 Å². The van der Waals surface area contributed by atoms with Gasteiger partial charge in [-0.3, -0.25) is 5.84 Å². The van der Waals surface area contributed by atoms with Crippen LogP contribution in [0.15, 0.2) is 34.1 Å². The van der Waals surface area contributed by atoms with Crippen LogP contribution in [0.3, 0.4) is 0 Å². The van der Waals surface area contributed by atoms with Crippen molar-refractivity contribution in [3.8, 4) is 0 Å². The Bertz CT molecular complexity index is 524. The zero-order valence-corrected chi connectivity index (χ0v) is 11.8. The van der Waals surface area contributed by atoms with E-state index in [0.29, 0.717) is 0 Å². The van der Waals surface area contributed by atoms with Gasteiger partial charge in [-0.15, -0.1) is 11.3 Å². The predicted molar refractivity (Wildman–Crippen MR) is 76.8 cm³/mol. The second kappa shape index (κ2) is 5.18. The Morgan fingerprint density at radius 1 is 1.29 bits per heavy atom. The minimum Gasteiger partial charge on any atom is -0.398 e. The first-order valence-electron chi connectivity index (χ1n) is 5.18. The molecule has 3 nitrogen and oxygen atoms in total. The third-order valence-electron chi connectivity index (χ3n) is 2.74. The predicted octanol–water partition coefficient (Wildman–Crippen LogP) is 2.95. The molecule has 90 valence electrons. The summed E-state index contributed by atoms with van der Waals surface area (Å²) in [6.45, 7) is 2.08. The van der Waals surface area contributed by atoms with Gasteiger partial charge >= 0.3 is 0 Å². The van der Waals surface area contributed by atoms with Crippen molar-refractivity contribution in [1.82, 2.24) is 5.43 Å². The van der Waals surface area contributed by atoms with E-state index in [-0.39, 0.29) is 6.04 Å². The number of nitrogens with one attached hydrogen (secondary N) is 1. The SMILES string of the molecule is Cc1sccc1C(NN)c1cc(Br)ccc1N. The quantitative estimate of drug-likeness (QED) is 0.464. The second-order valence-electron chi connectivity index (χ2n) is 3.81. The summed E-state index contributed by atoms with van der Waals surface area (Å²) in [6.07, 6.45) is 0. The maximum Gasteiger partial charge on any atom is 0.0741 e. The Morgan fingerprint density at radius 3 is 2.65 bits per heavy atom. The lowest BCUT2D eigenvalue weighted by Gasteiger charge is -2.18. The molecular weight excluding hydrogens is 298 g/mol. The minimum absolute atomic E-state index is 0.0706. The van der Waals surface area contributed by atoms with Crippen molar-refractivity contribution in [1.29, 1.82) is 0 Å². The molecule has 17 heavy (non-hydrogen) atoms. The lowest BCUT2D eigenvalue weighted by molar-refractivity contribution is 0.637. The summed E-state index contributed by atoms with van der Waals surface area (Å²) in [5, 5.41) is 2.06. The van der Waals surface area contributed by atoms with E-state index >= 15 is 0 Å². The van der Waals surface area contributed by atoms with Crippen LogP contribution in [0.4, 0.5) is 5.69 Å². The summed E-state index contributed by atoms with van der Waals surface area (Å²) < 4.78 is 0.995. The van der Waals surface area contributed by atoms with Gasteiger partial charge < -0.3 is 5.73 Å². The van der Waals surface area contributed by atoms with E-state index in [1.54, 1.807) is 11.3 Å². The Morgan fingerprint density at radius 2 is 2.06 bits per heavy atom.